The maximum Gasteiger partial charge on any atom is 0.308 e. The molecular formula is C15H22O4. The maximum atomic E-state index is 11.5. The molecule has 0 amide bonds. The van der Waals surface area contributed by atoms with Crippen LogP contribution in [0, 0.1) is 12.8 Å². The number of aromatic hydroxyl groups is 1. The topological polar surface area (TPSA) is 55.8 Å². The Morgan fingerprint density at radius 3 is 2.53 bits per heavy atom. The van der Waals surface area contributed by atoms with Crippen molar-refractivity contribution in [1.82, 2.24) is 0 Å². The van der Waals surface area contributed by atoms with Gasteiger partial charge in [-0.2, -0.15) is 0 Å². The highest BCUT2D eigenvalue weighted by Gasteiger charge is 2.31. The van der Waals surface area contributed by atoms with Crippen LogP contribution in [0.5, 0.6) is 5.75 Å². The summed E-state index contributed by atoms with van der Waals surface area (Å²) in [6.45, 7) is 7.29. The molecule has 1 aromatic rings. The van der Waals surface area contributed by atoms with Crippen LogP contribution in [-0.2, 0) is 19.9 Å². The second kappa shape index (κ2) is 6.06. The zero-order valence-electron chi connectivity index (χ0n) is 12.2. The Kier molecular flexibility index (Phi) is 4.95. The van der Waals surface area contributed by atoms with Crippen LogP contribution in [0.2, 0.25) is 0 Å². The predicted octanol–water partition coefficient (Wildman–Crippen LogP) is 2.76. The number of phenolic OH excluding ortho intramolecular Hbond substituents is 1. The number of ether oxygens (including phenoxy) is 2. The van der Waals surface area contributed by atoms with Gasteiger partial charge in [-0.25, -0.2) is 0 Å². The van der Waals surface area contributed by atoms with E-state index < -0.39 is 5.60 Å². The third-order valence-corrected chi connectivity index (χ3v) is 3.13. The Labute approximate surface area is 114 Å². The van der Waals surface area contributed by atoms with E-state index in [4.69, 9.17) is 9.47 Å². The second-order valence-corrected chi connectivity index (χ2v) is 5.22. The van der Waals surface area contributed by atoms with E-state index in [9.17, 15) is 9.90 Å². The van der Waals surface area contributed by atoms with Gasteiger partial charge in [0.2, 0.25) is 0 Å². The quantitative estimate of drug-likeness (QED) is 0.833. The monoisotopic (exact) mass is 266 g/mol. The van der Waals surface area contributed by atoms with Crippen LogP contribution in [0.4, 0.5) is 0 Å². The molecule has 0 heterocycles. The number of carbonyl (C=O) groups is 1. The summed E-state index contributed by atoms with van der Waals surface area (Å²) in [6, 6.07) is 5.34. The van der Waals surface area contributed by atoms with Gasteiger partial charge in [-0.1, -0.05) is 26.0 Å². The molecule has 0 fully saturated rings. The smallest absolute Gasteiger partial charge is 0.308 e. The molecule has 4 heteroatoms. The van der Waals surface area contributed by atoms with E-state index in [-0.39, 0.29) is 24.2 Å². The van der Waals surface area contributed by atoms with Gasteiger partial charge in [0.15, 0.2) is 0 Å². The van der Waals surface area contributed by atoms with Gasteiger partial charge in [-0.3, -0.25) is 4.79 Å². The van der Waals surface area contributed by atoms with Crippen molar-refractivity contribution in [3.8, 4) is 5.75 Å². The molecule has 0 unspecified atom stereocenters. The standard InChI is InChI=1S/C15H22O4/c1-10(2)14(17)19-9-15(4,18-5)12-7-6-11(3)8-13(12)16/h6-8,10,16H,9H2,1-5H3/t15-/m0/s1. The van der Waals surface area contributed by atoms with Crippen molar-refractivity contribution in [3.05, 3.63) is 29.3 Å². The summed E-state index contributed by atoms with van der Waals surface area (Å²) in [6.07, 6.45) is 0. The summed E-state index contributed by atoms with van der Waals surface area (Å²) in [5.41, 5.74) is 0.707. The van der Waals surface area contributed by atoms with Crippen LogP contribution in [0.15, 0.2) is 18.2 Å². The van der Waals surface area contributed by atoms with Crippen LogP contribution in [0.25, 0.3) is 0 Å². The number of aryl methyl sites for hydroxylation is 1. The van der Waals surface area contributed by atoms with E-state index in [1.807, 2.05) is 13.0 Å². The van der Waals surface area contributed by atoms with Gasteiger partial charge in [-0.15, -0.1) is 0 Å². The molecule has 1 N–H and O–H groups in total. The Morgan fingerprint density at radius 2 is 2.05 bits per heavy atom. The Balaban J connectivity index is 2.93. The van der Waals surface area contributed by atoms with Gasteiger partial charge < -0.3 is 14.6 Å². The molecule has 0 aromatic heterocycles. The molecule has 0 aliphatic carbocycles. The zero-order chi connectivity index (χ0) is 14.6. The van der Waals surface area contributed by atoms with Crippen molar-refractivity contribution in [3.63, 3.8) is 0 Å². The number of hydrogen-bond acceptors (Lipinski definition) is 4. The van der Waals surface area contributed by atoms with Gasteiger partial charge in [0.25, 0.3) is 0 Å². The lowest BCUT2D eigenvalue weighted by Gasteiger charge is -2.29. The minimum atomic E-state index is -0.859. The normalized spacial score (nSPS) is 14.2. The number of phenols is 1. The average Bonchev–Trinajstić information content (AvgIpc) is 2.35. The van der Waals surface area contributed by atoms with Crippen LogP contribution in [0.3, 0.4) is 0 Å². The SMILES string of the molecule is CO[C@@](C)(COC(=O)C(C)C)c1ccc(C)cc1O. The first-order valence-electron chi connectivity index (χ1n) is 6.32. The number of benzene rings is 1. The Bertz CT molecular complexity index is 453. The Morgan fingerprint density at radius 1 is 1.42 bits per heavy atom. The molecule has 1 rings (SSSR count). The lowest BCUT2D eigenvalue weighted by molar-refractivity contribution is -0.157. The minimum Gasteiger partial charge on any atom is -0.508 e. The largest absolute Gasteiger partial charge is 0.508 e. The highest BCUT2D eigenvalue weighted by Crippen LogP contribution is 2.33. The molecule has 0 saturated carbocycles. The highest BCUT2D eigenvalue weighted by molar-refractivity contribution is 5.71. The average molecular weight is 266 g/mol. The molecule has 0 saturated heterocycles. The minimum absolute atomic E-state index is 0.0666. The van der Waals surface area contributed by atoms with Crippen LogP contribution in [0.1, 0.15) is 31.9 Å². The molecule has 1 atom stereocenters. The van der Waals surface area contributed by atoms with Crippen molar-refractivity contribution >= 4 is 5.97 Å². The number of hydrogen-bond donors (Lipinski definition) is 1. The third kappa shape index (κ3) is 3.70. The fourth-order valence-corrected chi connectivity index (χ4v) is 1.71. The summed E-state index contributed by atoms with van der Waals surface area (Å²) in [5.74, 6) is -0.326. The molecule has 4 nitrogen and oxygen atoms in total. The summed E-state index contributed by atoms with van der Waals surface area (Å²) in [7, 11) is 1.53. The predicted molar refractivity (Wildman–Crippen MR) is 73.0 cm³/mol. The fourth-order valence-electron chi connectivity index (χ4n) is 1.71. The molecule has 0 aliphatic rings. The van der Waals surface area contributed by atoms with Crippen molar-refractivity contribution in [2.45, 2.75) is 33.3 Å². The van der Waals surface area contributed by atoms with Gasteiger partial charge in [-0.05, 0) is 25.5 Å². The van der Waals surface area contributed by atoms with E-state index in [1.54, 1.807) is 32.9 Å². The van der Waals surface area contributed by atoms with Gasteiger partial charge in [0.05, 0.1) is 5.92 Å². The van der Waals surface area contributed by atoms with Crippen LogP contribution >= 0.6 is 0 Å². The van der Waals surface area contributed by atoms with Crippen molar-refractivity contribution < 1.29 is 19.4 Å². The van der Waals surface area contributed by atoms with E-state index in [0.29, 0.717) is 5.56 Å². The van der Waals surface area contributed by atoms with Crippen LogP contribution < -0.4 is 0 Å². The van der Waals surface area contributed by atoms with E-state index >= 15 is 0 Å². The molecule has 19 heavy (non-hydrogen) atoms. The third-order valence-electron chi connectivity index (χ3n) is 3.13. The van der Waals surface area contributed by atoms with Gasteiger partial charge in [0, 0.05) is 12.7 Å². The summed E-state index contributed by atoms with van der Waals surface area (Å²) in [5, 5.41) is 10.0. The number of esters is 1. The zero-order valence-corrected chi connectivity index (χ0v) is 12.2. The molecule has 0 spiro atoms. The fraction of sp³-hybridized carbons (Fsp3) is 0.533. The first kappa shape index (κ1) is 15.5. The van der Waals surface area contributed by atoms with Gasteiger partial charge >= 0.3 is 5.97 Å². The number of carbonyl (C=O) groups excluding carboxylic acids is 1. The first-order valence-corrected chi connectivity index (χ1v) is 6.32. The number of methoxy groups -OCH3 is 1. The van der Waals surface area contributed by atoms with E-state index in [1.165, 1.54) is 7.11 Å². The summed E-state index contributed by atoms with van der Waals surface area (Å²) in [4.78, 5) is 11.5. The van der Waals surface area contributed by atoms with Crippen molar-refractivity contribution in [1.29, 1.82) is 0 Å². The molecule has 106 valence electrons. The molecule has 0 aliphatic heterocycles. The number of rotatable bonds is 5. The van der Waals surface area contributed by atoms with Gasteiger partial charge in [0.1, 0.15) is 18.0 Å². The molecular weight excluding hydrogens is 244 g/mol. The van der Waals surface area contributed by atoms with E-state index in [0.717, 1.165) is 5.56 Å². The molecule has 1 aromatic carbocycles. The first-order chi connectivity index (χ1) is 8.80. The maximum absolute atomic E-state index is 11.5. The molecule has 0 bridgehead atoms. The summed E-state index contributed by atoms with van der Waals surface area (Å²) < 4.78 is 10.7. The molecule has 0 radical (unpaired) electrons. The second-order valence-electron chi connectivity index (χ2n) is 5.22. The lowest BCUT2D eigenvalue weighted by atomic mass is 9.94. The van der Waals surface area contributed by atoms with E-state index in [2.05, 4.69) is 0 Å². The lowest BCUT2D eigenvalue weighted by Crippen LogP contribution is -2.32. The highest BCUT2D eigenvalue weighted by atomic mass is 16.6. The van der Waals surface area contributed by atoms with Crippen molar-refractivity contribution in [2.24, 2.45) is 5.92 Å². The van der Waals surface area contributed by atoms with Crippen LogP contribution in [-0.4, -0.2) is 24.8 Å². The van der Waals surface area contributed by atoms with Crippen molar-refractivity contribution in [2.75, 3.05) is 13.7 Å². The Hall–Kier alpha value is -1.55. The summed E-state index contributed by atoms with van der Waals surface area (Å²) >= 11 is 0.